The van der Waals surface area contributed by atoms with Gasteiger partial charge in [0.2, 0.25) is 0 Å². The van der Waals surface area contributed by atoms with Crippen molar-refractivity contribution >= 4 is 5.97 Å². The Hall–Kier alpha value is -1.39. The normalized spacial score (nSPS) is 20.3. The summed E-state index contributed by atoms with van der Waals surface area (Å²) in [6, 6.07) is 10.2. The number of rotatable bonds is 14. The highest BCUT2D eigenvalue weighted by atomic mass is 16.7. The number of esters is 1. The molecule has 2 rings (SSSR count). The first-order valence-electron chi connectivity index (χ1n) is 11.7. The number of benzene rings is 1. The summed E-state index contributed by atoms with van der Waals surface area (Å²) in [6.45, 7) is 4.29. The topological polar surface area (TPSA) is 44.8 Å². The highest BCUT2D eigenvalue weighted by molar-refractivity contribution is 5.66. The van der Waals surface area contributed by atoms with Crippen molar-refractivity contribution in [3.05, 3.63) is 35.9 Å². The van der Waals surface area contributed by atoms with E-state index < -0.39 is 0 Å². The van der Waals surface area contributed by atoms with Crippen LogP contribution in [0.15, 0.2) is 30.3 Å². The van der Waals surface area contributed by atoms with Gasteiger partial charge in [0.15, 0.2) is 6.29 Å². The van der Waals surface area contributed by atoms with E-state index in [1.54, 1.807) is 0 Å². The molecule has 0 saturated carbocycles. The summed E-state index contributed by atoms with van der Waals surface area (Å²) < 4.78 is 17.8. The van der Waals surface area contributed by atoms with Gasteiger partial charge in [-0.05, 0) is 37.7 Å². The molecule has 1 aromatic rings. The summed E-state index contributed by atoms with van der Waals surface area (Å²) in [5.41, 5.74) is 1.15. The summed E-state index contributed by atoms with van der Waals surface area (Å²) in [7, 11) is 0. The van der Waals surface area contributed by atoms with Crippen molar-refractivity contribution in [2.75, 3.05) is 0 Å². The van der Waals surface area contributed by atoms with Crippen molar-refractivity contribution < 1.29 is 19.0 Å². The zero-order chi connectivity index (χ0) is 20.7. The van der Waals surface area contributed by atoms with Crippen LogP contribution in [0.1, 0.15) is 96.5 Å². The number of hydrogen-bond acceptors (Lipinski definition) is 4. The monoisotopic (exact) mass is 404 g/mol. The average Bonchev–Trinajstić information content (AvgIpc) is 2.74. The van der Waals surface area contributed by atoms with Crippen molar-refractivity contribution in [2.45, 2.75) is 116 Å². The lowest BCUT2D eigenvalue weighted by atomic mass is 9.98. The molecule has 0 spiro atoms. The van der Waals surface area contributed by atoms with Crippen molar-refractivity contribution in [2.24, 2.45) is 0 Å². The Morgan fingerprint density at radius 2 is 1.72 bits per heavy atom. The maximum absolute atomic E-state index is 11.6. The van der Waals surface area contributed by atoms with Gasteiger partial charge in [0.25, 0.3) is 0 Å². The first kappa shape index (κ1) is 23.9. The number of unbranched alkanes of at least 4 members (excludes halogenated alkanes) is 7. The van der Waals surface area contributed by atoms with Crippen LogP contribution in [0.25, 0.3) is 0 Å². The van der Waals surface area contributed by atoms with E-state index in [-0.39, 0.29) is 24.5 Å². The molecule has 29 heavy (non-hydrogen) atoms. The summed E-state index contributed by atoms with van der Waals surface area (Å²) in [6.07, 6.45) is 13.5. The smallest absolute Gasteiger partial charge is 0.302 e. The minimum Gasteiger partial charge on any atom is -0.460 e. The largest absolute Gasteiger partial charge is 0.460 e. The molecule has 1 fully saturated rings. The molecule has 4 heteroatoms. The van der Waals surface area contributed by atoms with Crippen LogP contribution < -0.4 is 0 Å². The average molecular weight is 405 g/mol. The van der Waals surface area contributed by atoms with Gasteiger partial charge in [-0.3, -0.25) is 4.79 Å². The fourth-order valence-corrected chi connectivity index (χ4v) is 3.99. The van der Waals surface area contributed by atoms with Gasteiger partial charge >= 0.3 is 5.97 Å². The van der Waals surface area contributed by atoms with Crippen LogP contribution in [-0.2, 0) is 25.6 Å². The summed E-state index contributed by atoms with van der Waals surface area (Å²) in [5, 5.41) is 0. The lowest BCUT2D eigenvalue weighted by Gasteiger charge is -2.34. The van der Waals surface area contributed by atoms with Gasteiger partial charge in [-0.25, -0.2) is 0 Å². The molecule has 3 atom stereocenters. The quantitative estimate of drug-likeness (QED) is 0.260. The predicted octanol–water partition coefficient (Wildman–Crippen LogP) is 6.56. The lowest BCUT2D eigenvalue weighted by molar-refractivity contribution is -0.225. The maximum atomic E-state index is 11.6. The zero-order valence-corrected chi connectivity index (χ0v) is 18.4. The van der Waals surface area contributed by atoms with Gasteiger partial charge in [-0.15, -0.1) is 0 Å². The molecule has 1 heterocycles. The molecule has 0 bridgehead atoms. The van der Waals surface area contributed by atoms with E-state index >= 15 is 0 Å². The zero-order valence-electron chi connectivity index (χ0n) is 18.4. The van der Waals surface area contributed by atoms with Crippen LogP contribution in [0.5, 0.6) is 0 Å². The third-order valence-electron chi connectivity index (χ3n) is 5.61. The van der Waals surface area contributed by atoms with E-state index in [4.69, 9.17) is 14.2 Å². The van der Waals surface area contributed by atoms with E-state index in [0.29, 0.717) is 6.61 Å². The summed E-state index contributed by atoms with van der Waals surface area (Å²) >= 11 is 0. The molecule has 0 N–H and O–H groups in total. The van der Waals surface area contributed by atoms with Gasteiger partial charge in [-0.2, -0.15) is 0 Å². The number of hydrogen-bond donors (Lipinski definition) is 0. The number of carbonyl (C=O) groups is 1. The standard InChI is InChI=1S/C25H40O4/c1-3-4-5-6-7-8-9-13-17-23(28-21(2)26)24-18-14-19-25(29-24)27-20-22-15-11-10-12-16-22/h10-12,15-16,23-25H,3-9,13-14,17-20H2,1-2H3/t23-,24+,25?/m1/s1. The van der Waals surface area contributed by atoms with E-state index in [1.807, 2.05) is 18.2 Å². The fraction of sp³-hybridized carbons (Fsp3) is 0.720. The van der Waals surface area contributed by atoms with Crippen molar-refractivity contribution in [1.29, 1.82) is 0 Å². The van der Waals surface area contributed by atoms with Crippen LogP contribution in [0.2, 0.25) is 0 Å². The Morgan fingerprint density at radius 1 is 1.03 bits per heavy atom. The molecular weight excluding hydrogens is 364 g/mol. The van der Waals surface area contributed by atoms with Crippen molar-refractivity contribution in [3.8, 4) is 0 Å². The lowest BCUT2D eigenvalue weighted by Crippen LogP contribution is -2.40. The molecular formula is C25H40O4. The second-order valence-electron chi connectivity index (χ2n) is 8.24. The molecule has 1 aliphatic heterocycles. The van der Waals surface area contributed by atoms with Crippen LogP contribution in [0.3, 0.4) is 0 Å². The number of ether oxygens (including phenoxy) is 3. The highest BCUT2D eigenvalue weighted by Crippen LogP contribution is 2.27. The van der Waals surface area contributed by atoms with Crippen molar-refractivity contribution in [3.63, 3.8) is 0 Å². The second kappa shape index (κ2) is 14.6. The Balaban J connectivity index is 1.72. The van der Waals surface area contributed by atoms with Crippen LogP contribution in [0.4, 0.5) is 0 Å². The minimum atomic E-state index is -0.217. The van der Waals surface area contributed by atoms with E-state index in [2.05, 4.69) is 19.1 Å². The fourth-order valence-electron chi connectivity index (χ4n) is 3.99. The molecule has 1 saturated heterocycles. The Bertz CT molecular complexity index is 545. The molecule has 0 aromatic heterocycles. The third-order valence-corrected chi connectivity index (χ3v) is 5.61. The van der Waals surface area contributed by atoms with Crippen LogP contribution >= 0.6 is 0 Å². The summed E-state index contributed by atoms with van der Waals surface area (Å²) in [5.74, 6) is -0.217. The molecule has 164 valence electrons. The second-order valence-corrected chi connectivity index (χ2v) is 8.24. The molecule has 0 amide bonds. The molecule has 1 unspecified atom stereocenters. The van der Waals surface area contributed by atoms with E-state index in [0.717, 1.165) is 37.7 Å². The Kier molecular flexibility index (Phi) is 12.0. The van der Waals surface area contributed by atoms with E-state index in [9.17, 15) is 4.79 Å². The van der Waals surface area contributed by atoms with Crippen LogP contribution in [0, 0.1) is 0 Å². The van der Waals surface area contributed by atoms with Crippen molar-refractivity contribution in [1.82, 2.24) is 0 Å². The van der Waals surface area contributed by atoms with Gasteiger partial charge in [0, 0.05) is 6.92 Å². The predicted molar refractivity (Wildman–Crippen MR) is 117 cm³/mol. The van der Waals surface area contributed by atoms with Gasteiger partial charge < -0.3 is 14.2 Å². The van der Waals surface area contributed by atoms with E-state index in [1.165, 1.54) is 51.9 Å². The highest BCUT2D eigenvalue weighted by Gasteiger charge is 2.31. The Labute approximate surface area is 177 Å². The SMILES string of the molecule is CCCCCCCCCC[C@@H](OC(C)=O)[C@@H]1CCCC(OCc2ccccc2)O1. The first-order chi connectivity index (χ1) is 14.2. The molecule has 0 radical (unpaired) electrons. The molecule has 0 aliphatic carbocycles. The van der Waals surface area contributed by atoms with Gasteiger partial charge in [0.1, 0.15) is 6.10 Å². The minimum absolute atomic E-state index is 0.0574. The number of carbonyl (C=O) groups excluding carboxylic acids is 1. The first-order valence-corrected chi connectivity index (χ1v) is 11.7. The molecule has 1 aliphatic rings. The summed E-state index contributed by atoms with van der Waals surface area (Å²) in [4.78, 5) is 11.6. The maximum Gasteiger partial charge on any atom is 0.302 e. The van der Waals surface area contributed by atoms with Gasteiger partial charge in [0.05, 0.1) is 12.7 Å². The molecule has 1 aromatic carbocycles. The third kappa shape index (κ3) is 10.3. The van der Waals surface area contributed by atoms with Gasteiger partial charge in [-0.1, -0.05) is 82.2 Å². The molecule has 4 nitrogen and oxygen atoms in total. The Morgan fingerprint density at radius 3 is 2.41 bits per heavy atom. The van der Waals surface area contributed by atoms with Crippen LogP contribution in [-0.4, -0.2) is 24.5 Å².